The van der Waals surface area contributed by atoms with Crippen molar-refractivity contribution in [3.63, 3.8) is 0 Å². The van der Waals surface area contributed by atoms with Crippen molar-refractivity contribution < 1.29 is 4.48 Å². The highest BCUT2D eigenvalue weighted by Crippen LogP contribution is 2.21. The Labute approximate surface area is 67.1 Å². The molecule has 1 aromatic carbocycles. The Hall–Kier alpha value is -1.09. The standard InChI is InChI=1S/C7H3ClFN2/c8-6-2-1-3-7-5(6)4-10-11(7)9/h1-3H. The second-order valence-corrected chi connectivity index (χ2v) is 2.51. The monoisotopic (exact) mass is 169 g/mol. The normalized spacial score (nSPS) is 10.7. The lowest BCUT2D eigenvalue weighted by Gasteiger charge is -1.90. The van der Waals surface area contributed by atoms with Gasteiger partial charge in [0, 0.05) is 0 Å². The number of hydrogen-bond acceptors (Lipinski definition) is 1. The predicted molar refractivity (Wildman–Crippen MR) is 40.1 cm³/mol. The predicted octanol–water partition coefficient (Wildman–Crippen LogP) is 2.22. The molecule has 0 aliphatic carbocycles. The highest BCUT2D eigenvalue weighted by Gasteiger charge is 2.04. The van der Waals surface area contributed by atoms with Crippen molar-refractivity contribution >= 4 is 22.5 Å². The molecule has 2 nitrogen and oxygen atoms in total. The summed E-state index contributed by atoms with van der Waals surface area (Å²) in [5.74, 6) is 0. The van der Waals surface area contributed by atoms with Crippen LogP contribution in [0.1, 0.15) is 0 Å². The van der Waals surface area contributed by atoms with Crippen molar-refractivity contribution in [2.24, 2.45) is 0 Å². The summed E-state index contributed by atoms with van der Waals surface area (Å²) in [6.07, 6.45) is 2.46. The van der Waals surface area contributed by atoms with Crippen LogP contribution in [0.4, 0.5) is 4.48 Å². The van der Waals surface area contributed by atoms with E-state index in [-0.39, 0.29) is 4.90 Å². The number of hydrogen-bond donors (Lipinski definition) is 0. The summed E-state index contributed by atoms with van der Waals surface area (Å²) in [6, 6.07) is 4.92. The molecule has 0 N–H and O–H groups in total. The zero-order valence-electron chi connectivity index (χ0n) is 5.38. The highest BCUT2D eigenvalue weighted by atomic mass is 35.5. The summed E-state index contributed by atoms with van der Waals surface area (Å²) in [7, 11) is 0. The Morgan fingerprint density at radius 3 is 3.09 bits per heavy atom. The first-order valence-electron chi connectivity index (χ1n) is 3.00. The zero-order chi connectivity index (χ0) is 7.84. The lowest BCUT2D eigenvalue weighted by molar-refractivity contribution is 0.332. The first kappa shape index (κ1) is 6.61. The molecule has 0 aliphatic rings. The maximum absolute atomic E-state index is 12.6. The Balaban J connectivity index is 2.94. The summed E-state index contributed by atoms with van der Waals surface area (Å²) in [6.45, 7) is 0. The van der Waals surface area contributed by atoms with Gasteiger partial charge in [0.15, 0.2) is 0 Å². The van der Waals surface area contributed by atoms with Gasteiger partial charge in [-0.1, -0.05) is 27.1 Å². The van der Waals surface area contributed by atoms with Crippen molar-refractivity contribution in [3.05, 3.63) is 29.4 Å². The van der Waals surface area contributed by atoms with Gasteiger partial charge in [-0.15, -0.1) is 5.10 Å². The summed E-state index contributed by atoms with van der Waals surface area (Å²) in [5.41, 5.74) is 0.345. The smallest absolute Gasteiger partial charge is 0.126 e. The van der Waals surface area contributed by atoms with Crippen molar-refractivity contribution in [2.75, 3.05) is 0 Å². The molecule has 0 amide bonds. The van der Waals surface area contributed by atoms with Gasteiger partial charge in [-0.3, -0.25) is 0 Å². The van der Waals surface area contributed by atoms with E-state index in [0.29, 0.717) is 15.9 Å². The van der Waals surface area contributed by atoms with Gasteiger partial charge in [0.2, 0.25) is 0 Å². The third-order valence-electron chi connectivity index (χ3n) is 1.44. The number of nitrogens with zero attached hydrogens (tertiary/aromatic N) is 2. The van der Waals surface area contributed by atoms with E-state index in [1.165, 1.54) is 0 Å². The molecule has 2 aromatic rings. The number of fused-ring (bicyclic) bond motifs is 1. The lowest BCUT2D eigenvalue weighted by atomic mass is 10.3. The van der Waals surface area contributed by atoms with Crippen LogP contribution in [0.5, 0.6) is 0 Å². The van der Waals surface area contributed by atoms with Gasteiger partial charge in [0.1, 0.15) is 11.7 Å². The molecule has 1 aromatic heterocycles. The molecule has 0 saturated heterocycles. The molecule has 0 aliphatic heterocycles. The fourth-order valence-electron chi connectivity index (χ4n) is 0.925. The number of benzene rings is 1. The van der Waals surface area contributed by atoms with E-state index in [4.69, 9.17) is 11.6 Å². The molecule has 0 atom stereocenters. The van der Waals surface area contributed by atoms with Crippen LogP contribution in [0.2, 0.25) is 5.02 Å². The summed E-state index contributed by atoms with van der Waals surface area (Å²) < 4.78 is 12.6. The Bertz CT molecular complexity index is 396. The van der Waals surface area contributed by atoms with Crippen molar-refractivity contribution in [1.82, 2.24) is 10.0 Å². The van der Waals surface area contributed by atoms with E-state index < -0.39 is 0 Å². The molecule has 0 spiro atoms. The maximum Gasteiger partial charge on any atom is 0.126 e. The van der Waals surface area contributed by atoms with Crippen molar-refractivity contribution in [1.29, 1.82) is 0 Å². The summed E-state index contributed by atoms with van der Waals surface area (Å²) in [4.78, 5) is 0.251. The first-order chi connectivity index (χ1) is 5.29. The molecule has 0 fully saturated rings. The SMILES string of the molecule is Fn1n[c]c2c(Cl)cccc21. The van der Waals surface area contributed by atoms with Gasteiger partial charge >= 0.3 is 0 Å². The Morgan fingerprint density at radius 2 is 2.36 bits per heavy atom. The number of halogens is 2. The topological polar surface area (TPSA) is 17.8 Å². The largest absolute Gasteiger partial charge is 0.139 e. The molecule has 0 unspecified atom stereocenters. The lowest BCUT2D eigenvalue weighted by Crippen LogP contribution is -1.81. The molecule has 0 bridgehead atoms. The maximum atomic E-state index is 12.6. The van der Waals surface area contributed by atoms with Gasteiger partial charge in [0.25, 0.3) is 0 Å². The molecule has 0 saturated carbocycles. The van der Waals surface area contributed by atoms with Crippen LogP contribution >= 0.6 is 11.6 Å². The molecular formula is C7H3ClFN2. The molecule has 11 heavy (non-hydrogen) atoms. The molecule has 1 heterocycles. The van der Waals surface area contributed by atoms with Gasteiger partial charge in [-0.25, -0.2) is 0 Å². The van der Waals surface area contributed by atoms with Crippen LogP contribution < -0.4 is 0 Å². The molecule has 1 radical (unpaired) electrons. The van der Waals surface area contributed by atoms with E-state index in [1.54, 1.807) is 18.2 Å². The van der Waals surface area contributed by atoms with Gasteiger partial charge in [0.05, 0.1) is 10.4 Å². The van der Waals surface area contributed by atoms with Crippen LogP contribution in [0.15, 0.2) is 18.2 Å². The quantitative estimate of drug-likeness (QED) is 0.591. The van der Waals surface area contributed by atoms with E-state index >= 15 is 0 Å². The fourth-order valence-corrected chi connectivity index (χ4v) is 1.14. The van der Waals surface area contributed by atoms with E-state index in [9.17, 15) is 4.48 Å². The molecule has 2 rings (SSSR count). The van der Waals surface area contributed by atoms with E-state index in [1.807, 2.05) is 0 Å². The summed E-state index contributed by atoms with van der Waals surface area (Å²) >= 11 is 5.72. The Kier molecular flexibility index (Phi) is 1.32. The van der Waals surface area contributed by atoms with Crippen LogP contribution in [0.25, 0.3) is 10.9 Å². The van der Waals surface area contributed by atoms with Crippen LogP contribution in [-0.4, -0.2) is 10.0 Å². The van der Waals surface area contributed by atoms with Gasteiger partial charge in [-0.2, -0.15) is 0 Å². The number of aromatic nitrogens is 2. The third kappa shape index (κ3) is 0.886. The minimum Gasteiger partial charge on any atom is -0.139 e. The second-order valence-electron chi connectivity index (χ2n) is 2.11. The summed E-state index contributed by atoms with van der Waals surface area (Å²) in [5, 5.41) is 4.27. The van der Waals surface area contributed by atoms with Crippen LogP contribution in [0.3, 0.4) is 0 Å². The minimum atomic E-state index is 0.251. The minimum absolute atomic E-state index is 0.251. The Morgan fingerprint density at radius 1 is 1.55 bits per heavy atom. The van der Waals surface area contributed by atoms with Crippen molar-refractivity contribution in [2.45, 2.75) is 0 Å². The average Bonchev–Trinajstić information content (AvgIpc) is 2.35. The molecule has 4 heteroatoms. The highest BCUT2D eigenvalue weighted by molar-refractivity contribution is 6.35. The third-order valence-corrected chi connectivity index (χ3v) is 1.75. The zero-order valence-corrected chi connectivity index (χ0v) is 6.14. The second kappa shape index (κ2) is 2.20. The van der Waals surface area contributed by atoms with E-state index in [2.05, 4.69) is 11.3 Å². The first-order valence-corrected chi connectivity index (χ1v) is 3.38. The van der Waals surface area contributed by atoms with Crippen molar-refractivity contribution in [3.8, 4) is 0 Å². The van der Waals surface area contributed by atoms with Crippen LogP contribution in [-0.2, 0) is 0 Å². The van der Waals surface area contributed by atoms with Gasteiger partial charge in [-0.05, 0) is 12.1 Å². The molecule has 55 valence electrons. The molecular weight excluding hydrogens is 167 g/mol. The average molecular weight is 170 g/mol. The van der Waals surface area contributed by atoms with Gasteiger partial charge < -0.3 is 0 Å². The van der Waals surface area contributed by atoms with E-state index in [0.717, 1.165) is 0 Å². The fraction of sp³-hybridized carbons (Fsp3) is 0. The van der Waals surface area contributed by atoms with Crippen LogP contribution in [0, 0.1) is 6.20 Å². The number of rotatable bonds is 0.